The van der Waals surface area contributed by atoms with E-state index in [1.54, 1.807) is 13.3 Å². The molecule has 2 unspecified atom stereocenters. The van der Waals surface area contributed by atoms with Crippen LogP contribution in [0.15, 0.2) is 6.20 Å². The first-order valence-corrected chi connectivity index (χ1v) is 7.92. The minimum Gasteiger partial charge on any atom is -0.458 e. The van der Waals surface area contributed by atoms with Gasteiger partial charge in [-0.2, -0.15) is 0 Å². The highest BCUT2D eigenvalue weighted by molar-refractivity contribution is 7.13. The summed E-state index contributed by atoms with van der Waals surface area (Å²) in [6.45, 7) is 6.27. The van der Waals surface area contributed by atoms with Gasteiger partial charge in [0.2, 0.25) is 0 Å². The number of hydrogen-bond acceptors (Lipinski definition) is 5. The highest BCUT2D eigenvalue weighted by atomic mass is 32.1. The molecule has 0 saturated heterocycles. The van der Waals surface area contributed by atoms with Gasteiger partial charge in [0, 0.05) is 18.9 Å². The highest BCUT2D eigenvalue weighted by Crippen LogP contribution is 2.28. The van der Waals surface area contributed by atoms with Gasteiger partial charge in [-0.3, -0.25) is 0 Å². The molecule has 1 aromatic heterocycles. The van der Waals surface area contributed by atoms with E-state index in [2.05, 4.69) is 25.8 Å². The number of hydrogen-bond donors (Lipinski definition) is 0. The van der Waals surface area contributed by atoms with Crippen LogP contribution >= 0.6 is 11.3 Å². The van der Waals surface area contributed by atoms with Crippen LogP contribution in [-0.2, 0) is 14.9 Å². The SMILES string of the molecule is COC1CCCC(OC(=O)c2cnc(C(C)(C)C)s2)C1. The van der Waals surface area contributed by atoms with Crippen molar-refractivity contribution in [3.63, 3.8) is 0 Å². The average molecular weight is 297 g/mol. The second kappa shape index (κ2) is 6.22. The van der Waals surface area contributed by atoms with E-state index in [0.717, 1.165) is 30.7 Å². The van der Waals surface area contributed by atoms with E-state index in [4.69, 9.17) is 9.47 Å². The number of carbonyl (C=O) groups is 1. The number of thiazole rings is 1. The molecule has 2 rings (SSSR count). The molecule has 1 aromatic rings. The largest absolute Gasteiger partial charge is 0.458 e. The van der Waals surface area contributed by atoms with E-state index in [1.807, 2.05) is 0 Å². The minimum atomic E-state index is -0.250. The van der Waals surface area contributed by atoms with Gasteiger partial charge < -0.3 is 9.47 Å². The molecular weight excluding hydrogens is 274 g/mol. The number of rotatable bonds is 3. The number of carbonyl (C=O) groups excluding carboxylic acids is 1. The maximum Gasteiger partial charge on any atom is 0.350 e. The number of esters is 1. The van der Waals surface area contributed by atoms with Crippen LogP contribution in [0.25, 0.3) is 0 Å². The molecule has 5 heteroatoms. The van der Waals surface area contributed by atoms with E-state index in [-0.39, 0.29) is 23.6 Å². The predicted molar refractivity (Wildman–Crippen MR) is 79.3 cm³/mol. The number of nitrogens with zero attached hydrogens (tertiary/aromatic N) is 1. The average Bonchev–Trinajstić information content (AvgIpc) is 2.88. The minimum absolute atomic E-state index is 0.0265. The lowest BCUT2D eigenvalue weighted by Crippen LogP contribution is -2.29. The van der Waals surface area contributed by atoms with Gasteiger partial charge in [0.1, 0.15) is 11.0 Å². The quantitative estimate of drug-likeness (QED) is 0.800. The molecule has 0 aromatic carbocycles. The lowest BCUT2D eigenvalue weighted by atomic mass is 9.95. The van der Waals surface area contributed by atoms with Gasteiger partial charge in [0.05, 0.1) is 17.3 Å². The molecule has 1 fully saturated rings. The number of aromatic nitrogens is 1. The predicted octanol–water partition coefficient (Wildman–Crippen LogP) is 3.56. The van der Waals surface area contributed by atoms with Crippen LogP contribution in [0.1, 0.15) is 61.1 Å². The number of ether oxygens (including phenoxy) is 2. The summed E-state index contributed by atoms with van der Waals surface area (Å²) < 4.78 is 10.9. The van der Waals surface area contributed by atoms with Crippen LogP contribution in [0.3, 0.4) is 0 Å². The Morgan fingerprint density at radius 3 is 2.65 bits per heavy atom. The summed E-state index contributed by atoms with van der Waals surface area (Å²) in [5, 5.41) is 0.961. The fourth-order valence-corrected chi connectivity index (χ4v) is 3.20. The summed E-state index contributed by atoms with van der Waals surface area (Å²) in [6.07, 6.45) is 5.65. The maximum absolute atomic E-state index is 12.2. The van der Waals surface area contributed by atoms with Crippen molar-refractivity contribution in [3.05, 3.63) is 16.1 Å². The lowest BCUT2D eigenvalue weighted by molar-refractivity contribution is -0.0146. The van der Waals surface area contributed by atoms with Crippen molar-refractivity contribution in [2.24, 2.45) is 0 Å². The first kappa shape index (κ1) is 15.4. The summed E-state index contributed by atoms with van der Waals surface area (Å²) in [5.74, 6) is -0.250. The molecule has 0 N–H and O–H groups in total. The van der Waals surface area contributed by atoms with Crippen molar-refractivity contribution in [1.82, 2.24) is 4.98 Å². The molecule has 0 radical (unpaired) electrons. The van der Waals surface area contributed by atoms with Gasteiger partial charge in [-0.1, -0.05) is 20.8 Å². The van der Waals surface area contributed by atoms with Crippen LogP contribution < -0.4 is 0 Å². The van der Waals surface area contributed by atoms with Gasteiger partial charge in [0.25, 0.3) is 0 Å². The molecule has 0 bridgehead atoms. The lowest BCUT2D eigenvalue weighted by Gasteiger charge is -2.27. The molecule has 20 heavy (non-hydrogen) atoms. The van der Waals surface area contributed by atoms with Gasteiger partial charge in [-0.05, 0) is 19.3 Å². The van der Waals surface area contributed by atoms with Crippen molar-refractivity contribution >= 4 is 17.3 Å². The normalized spacial score (nSPS) is 23.6. The van der Waals surface area contributed by atoms with Gasteiger partial charge in [-0.25, -0.2) is 9.78 Å². The van der Waals surface area contributed by atoms with E-state index in [1.165, 1.54) is 11.3 Å². The molecule has 4 nitrogen and oxygen atoms in total. The van der Waals surface area contributed by atoms with E-state index >= 15 is 0 Å². The van der Waals surface area contributed by atoms with Crippen molar-refractivity contribution < 1.29 is 14.3 Å². The Kier molecular flexibility index (Phi) is 4.81. The fraction of sp³-hybridized carbons (Fsp3) is 0.733. The van der Waals surface area contributed by atoms with Gasteiger partial charge >= 0.3 is 5.97 Å². The Morgan fingerprint density at radius 1 is 1.35 bits per heavy atom. The summed E-state index contributed by atoms with van der Waals surface area (Å²) in [7, 11) is 1.72. The molecule has 1 saturated carbocycles. The van der Waals surface area contributed by atoms with Crippen molar-refractivity contribution in [2.45, 2.75) is 64.1 Å². The van der Waals surface area contributed by atoms with E-state index in [9.17, 15) is 4.79 Å². The van der Waals surface area contributed by atoms with Crippen molar-refractivity contribution in [3.8, 4) is 0 Å². The molecule has 1 aliphatic carbocycles. The summed E-state index contributed by atoms with van der Waals surface area (Å²) in [6, 6.07) is 0. The first-order valence-electron chi connectivity index (χ1n) is 7.10. The topological polar surface area (TPSA) is 48.4 Å². The molecule has 0 aliphatic heterocycles. The van der Waals surface area contributed by atoms with Crippen molar-refractivity contribution in [2.75, 3.05) is 7.11 Å². The molecular formula is C15H23NO3S. The van der Waals surface area contributed by atoms with Crippen LogP contribution in [0.4, 0.5) is 0 Å². The maximum atomic E-state index is 12.2. The highest BCUT2D eigenvalue weighted by Gasteiger charge is 2.27. The van der Waals surface area contributed by atoms with Crippen LogP contribution in [0.2, 0.25) is 0 Å². The molecule has 1 aliphatic rings. The summed E-state index contributed by atoms with van der Waals surface area (Å²) in [4.78, 5) is 17.1. The van der Waals surface area contributed by atoms with E-state index < -0.39 is 0 Å². The van der Waals surface area contributed by atoms with E-state index in [0.29, 0.717) is 4.88 Å². The van der Waals surface area contributed by atoms with Gasteiger partial charge in [0.15, 0.2) is 0 Å². The smallest absolute Gasteiger partial charge is 0.350 e. The number of methoxy groups -OCH3 is 1. The second-order valence-electron chi connectivity index (χ2n) is 6.33. The third-order valence-corrected chi connectivity index (χ3v) is 4.94. The molecule has 0 spiro atoms. The third kappa shape index (κ3) is 3.79. The Hall–Kier alpha value is -0.940. The molecule has 1 heterocycles. The second-order valence-corrected chi connectivity index (χ2v) is 7.36. The third-order valence-electron chi connectivity index (χ3n) is 3.53. The van der Waals surface area contributed by atoms with Gasteiger partial charge in [-0.15, -0.1) is 11.3 Å². The Morgan fingerprint density at radius 2 is 2.05 bits per heavy atom. The monoisotopic (exact) mass is 297 g/mol. The molecule has 112 valence electrons. The summed E-state index contributed by atoms with van der Waals surface area (Å²) in [5.41, 5.74) is -0.0326. The Balaban J connectivity index is 1.96. The molecule has 2 atom stereocenters. The zero-order valence-corrected chi connectivity index (χ0v) is 13.5. The van der Waals surface area contributed by atoms with Crippen LogP contribution in [0.5, 0.6) is 0 Å². The molecule has 0 amide bonds. The standard InChI is InChI=1S/C15H23NO3S/c1-15(2,3)14-16-9-12(20-14)13(17)19-11-7-5-6-10(8-11)18-4/h9-11H,5-8H2,1-4H3. The zero-order valence-electron chi connectivity index (χ0n) is 12.6. The Bertz CT molecular complexity index is 464. The van der Waals surface area contributed by atoms with Crippen molar-refractivity contribution in [1.29, 1.82) is 0 Å². The fourth-order valence-electron chi connectivity index (χ4n) is 2.35. The van der Waals surface area contributed by atoms with Crippen LogP contribution in [0, 0.1) is 0 Å². The first-order chi connectivity index (χ1) is 9.40. The van der Waals surface area contributed by atoms with Crippen LogP contribution in [-0.4, -0.2) is 30.3 Å². The Labute approximate surface area is 124 Å². The summed E-state index contributed by atoms with van der Waals surface area (Å²) >= 11 is 1.43. The zero-order chi connectivity index (χ0) is 14.8.